The lowest BCUT2D eigenvalue weighted by molar-refractivity contribution is -0.121. The monoisotopic (exact) mass is 418 g/mol. The second kappa shape index (κ2) is 9.38. The van der Waals surface area contributed by atoms with Gasteiger partial charge in [0.15, 0.2) is 16.4 Å². The summed E-state index contributed by atoms with van der Waals surface area (Å²) in [5.74, 6) is -0.857. The molecule has 0 spiro atoms. The number of fused-ring (bicyclic) bond motifs is 1. The maximum Gasteiger partial charge on any atom is 0.262 e. The van der Waals surface area contributed by atoms with Crippen LogP contribution in [0, 0.1) is 0 Å². The summed E-state index contributed by atoms with van der Waals surface area (Å²) in [7, 11) is -3.79. The Morgan fingerprint density at radius 2 is 2.15 bits per heavy atom. The maximum atomic E-state index is 12.5. The van der Waals surface area contributed by atoms with Crippen LogP contribution < -0.4 is 15.4 Å². The summed E-state index contributed by atoms with van der Waals surface area (Å²) in [6.07, 6.45) is 0.596. The highest BCUT2D eigenvalue weighted by Crippen LogP contribution is 2.36. The van der Waals surface area contributed by atoms with Gasteiger partial charge in [-0.15, -0.1) is 0 Å². The first kappa shape index (κ1) is 21.5. The van der Waals surface area contributed by atoms with Crippen LogP contribution in [0.3, 0.4) is 0 Å². The van der Waals surface area contributed by atoms with Gasteiger partial charge in [0, 0.05) is 25.6 Å². The number of rotatable bonds is 9. The third-order valence-electron chi connectivity index (χ3n) is 3.69. The van der Waals surface area contributed by atoms with Gasteiger partial charge in [0.05, 0.1) is 27.5 Å². The first-order valence-corrected chi connectivity index (χ1v) is 10.6. The molecule has 0 atom stereocenters. The molecule has 150 valence electrons. The predicted octanol–water partition coefficient (Wildman–Crippen LogP) is 1.77. The number of hydrogen-bond acceptors (Lipinski definition) is 6. The number of sulfone groups is 1. The molecule has 0 radical (unpaired) electrons. The largest absolute Gasteiger partial charge is 0.482 e. The molecule has 0 saturated heterocycles. The van der Waals surface area contributed by atoms with E-state index in [9.17, 15) is 18.0 Å². The summed E-state index contributed by atoms with van der Waals surface area (Å²) in [6, 6.07) is 2.60. The van der Waals surface area contributed by atoms with Crippen molar-refractivity contribution in [1.29, 1.82) is 0 Å². The molecule has 2 N–H and O–H groups in total. The first-order chi connectivity index (χ1) is 12.7. The fourth-order valence-electron chi connectivity index (χ4n) is 2.36. The summed E-state index contributed by atoms with van der Waals surface area (Å²) < 4.78 is 35.6. The second-order valence-corrected chi connectivity index (χ2v) is 8.79. The predicted molar refractivity (Wildman–Crippen MR) is 101 cm³/mol. The zero-order valence-electron chi connectivity index (χ0n) is 15.2. The summed E-state index contributed by atoms with van der Waals surface area (Å²) in [4.78, 5) is 23.0. The van der Waals surface area contributed by atoms with Crippen LogP contribution in [0.2, 0.25) is 5.02 Å². The fraction of sp³-hybridized carbons (Fsp3) is 0.529. The van der Waals surface area contributed by atoms with E-state index in [2.05, 4.69) is 10.6 Å². The van der Waals surface area contributed by atoms with Crippen molar-refractivity contribution in [3.05, 3.63) is 17.2 Å². The number of amides is 2. The number of ether oxygens (including phenoxy) is 2. The van der Waals surface area contributed by atoms with Crippen LogP contribution in [0.5, 0.6) is 5.75 Å². The highest BCUT2D eigenvalue weighted by molar-refractivity contribution is 7.91. The summed E-state index contributed by atoms with van der Waals surface area (Å²) >= 11 is 6.05. The minimum Gasteiger partial charge on any atom is -0.482 e. The molecule has 0 unspecified atom stereocenters. The van der Waals surface area contributed by atoms with E-state index in [1.165, 1.54) is 12.1 Å². The van der Waals surface area contributed by atoms with E-state index in [1.54, 1.807) is 0 Å². The lowest BCUT2D eigenvalue weighted by Gasteiger charge is -2.19. The smallest absolute Gasteiger partial charge is 0.262 e. The van der Waals surface area contributed by atoms with Gasteiger partial charge in [-0.25, -0.2) is 8.42 Å². The molecule has 0 saturated carbocycles. The van der Waals surface area contributed by atoms with Crippen LogP contribution in [0.4, 0.5) is 5.69 Å². The third-order valence-corrected chi connectivity index (χ3v) is 5.87. The van der Waals surface area contributed by atoms with E-state index in [0.717, 1.165) is 0 Å². The van der Waals surface area contributed by atoms with Gasteiger partial charge in [0.2, 0.25) is 5.91 Å². The summed E-state index contributed by atoms with van der Waals surface area (Å²) in [6.45, 7) is 4.59. The number of carbonyl (C=O) groups is 2. The van der Waals surface area contributed by atoms with Crippen molar-refractivity contribution in [2.75, 3.05) is 30.8 Å². The summed E-state index contributed by atoms with van der Waals surface area (Å²) in [5.41, 5.74) is 0.316. The molecule has 0 bridgehead atoms. The van der Waals surface area contributed by atoms with Gasteiger partial charge < -0.3 is 20.1 Å². The Bertz CT molecular complexity index is 810. The van der Waals surface area contributed by atoms with Crippen LogP contribution in [0.25, 0.3) is 0 Å². The lowest BCUT2D eigenvalue weighted by Crippen LogP contribution is -2.28. The Kier molecular flexibility index (Phi) is 7.46. The first-order valence-electron chi connectivity index (χ1n) is 8.56. The van der Waals surface area contributed by atoms with Crippen molar-refractivity contribution in [3.8, 4) is 5.75 Å². The van der Waals surface area contributed by atoms with Gasteiger partial charge >= 0.3 is 0 Å². The fourth-order valence-corrected chi connectivity index (χ4v) is 4.20. The van der Waals surface area contributed by atoms with Crippen molar-refractivity contribution in [1.82, 2.24) is 5.32 Å². The molecule has 0 fully saturated rings. The van der Waals surface area contributed by atoms with E-state index in [1.807, 2.05) is 13.8 Å². The van der Waals surface area contributed by atoms with E-state index in [0.29, 0.717) is 25.3 Å². The normalized spacial score (nSPS) is 13.7. The van der Waals surface area contributed by atoms with Crippen LogP contribution in [0.1, 0.15) is 26.7 Å². The topological polar surface area (TPSA) is 111 Å². The highest BCUT2D eigenvalue weighted by Gasteiger charge is 2.25. The van der Waals surface area contributed by atoms with Crippen LogP contribution in [-0.2, 0) is 24.2 Å². The number of anilines is 1. The van der Waals surface area contributed by atoms with E-state index in [-0.39, 0.29) is 52.4 Å². The number of halogens is 1. The number of nitrogens with one attached hydrogen (secondary N) is 2. The lowest BCUT2D eigenvalue weighted by atomic mass is 10.2. The molecule has 8 nitrogen and oxygen atoms in total. The molecule has 0 aliphatic carbocycles. The van der Waals surface area contributed by atoms with Crippen molar-refractivity contribution < 1.29 is 27.5 Å². The van der Waals surface area contributed by atoms with Crippen molar-refractivity contribution in [2.24, 2.45) is 0 Å². The minimum absolute atomic E-state index is 0.0363. The Hall–Kier alpha value is -1.84. The van der Waals surface area contributed by atoms with E-state index < -0.39 is 9.84 Å². The molecule has 27 heavy (non-hydrogen) atoms. The van der Waals surface area contributed by atoms with Gasteiger partial charge in [-0.3, -0.25) is 9.59 Å². The van der Waals surface area contributed by atoms with Gasteiger partial charge in [-0.2, -0.15) is 0 Å². The molecular weight excluding hydrogens is 396 g/mol. The van der Waals surface area contributed by atoms with Gasteiger partial charge in [-0.1, -0.05) is 11.6 Å². The molecule has 1 aromatic rings. The summed E-state index contributed by atoms with van der Waals surface area (Å²) in [5, 5.41) is 5.18. The van der Waals surface area contributed by atoms with Crippen LogP contribution in [-0.4, -0.2) is 51.8 Å². The molecule has 2 amide bonds. The average Bonchev–Trinajstić information content (AvgIpc) is 2.58. The molecule has 0 aromatic heterocycles. The second-order valence-electron chi connectivity index (χ2n) is 6.31. The minimum atomic E-state index is -3.79. The van der Waals surface area contributed by atoms with E-state index in [4.69, 9.17) is 21.1 Å². The number of carbonyl (C=O) groups excluding carboxylic acids is 2. The molecule has 2 rings (SSSR count). The quantitative estimate of drug-likeness (QED) is 0.591. The number of benzene rings is 1. The molecule has 10 heteroatoms. The molecular formula is C17H23ClN2O6S. The zero-order chi connectivity index (χ0) is 20.0. The Morgan fingerprint density at radius 3 is 2.85 bits per heavy atom. The average molecular weight is 419 g/mol. The van der Waals surface area contributed by atoms with Crippen molar-refractivity contribution >= 4 is 38.9 Å². The molecule has 1 aliphatic rings. The number of hydrogen-bond donors (Lipinski definition) is 2. The Balaban J connectivity index is 1.91. The highest BCUT2D eigenvalue weighted by atomic mass is 35.5. The molecule has 1 aliphatic heterocycles. The van der Waals surface area contributed by atoms with Crippen LogP contribution >= 0.6 is 11.6 Å². The Morgan fingerprint density at radius 1 is 1.41 bits per heavy atom. The zero-order valence-corrected chi connectivity index (χ0v) is 16.8. The van der Waals surface area contributed by atoms with Gasteiger partial charge in [0.1, 0.15) is 5.75 Å². The maximum absolute atomic E-state index is 12.5. The van der Waals surface area contributed by atoms with Gasteiger partial charge in [-0.05, 0) is 26.3 Å². The Labute approximate surface area is 163 Å². The SMILES string of the molecule is CC(C)OCCCNC(=O)CCS(=O)(=O)c1cc2c(cc1Cl)NC(=O)CO2. The molecule has 1 aromatic carbocycles. The van der Waals surface area contributed by atoms with Crippen LogP contribution in [0.15, 0.2) is 17.0 Å². The van der Waals surface area contributed by atoms with E-state index >= 15 is 0 Å². The van der Waals surface area contributed by atoms with Gasteiger partial charge in [0.25, 0.3) is 5.91 Å². The third kappa shape index (κ3) is 6.37. The standard InChI is InChI=1S/C17H23ClN2O6S/c1-11(2)25-6-3-5-19-16(21)4-7-27(23,24)15-9-14-13(8-12(15)18)20-17(22)10-26-14/h8-9,11H,3-7,10H2,1-2H3,(H,19,21)(H,20,22). The van der Waals surface area contributed by atoms with Crippen molar-refractivity contribution in [3.63, 3.8) is 0 Å². The molecule has 1 heterocycles. The van der Waals surface area contributed by atoms with Crippen molar-refractivity contribution in [2.45, 2.75) is 37.7 Å².